The molecule has 0 radical (unpaired) electrons. The first-order chi connectivity index (χ1) is 9.84. The van der Waals surface area contributed by atoms with Crippen LogP contribution in [0.4, 0.5) is 13.2 Å². The molecule has 2 atom stereocenters. The van der Waals surface area contributed by atoms with E-state index in [1.165, 1.54) is 17.0 Å². The highest BCUT2D eigenvalue weighted by Gasteiger charge is 2.39. The van der Waals surface area contributed by atoms with Crippen LogP contribution in [0.25, 0.3) is 0 Å². The van der Waals surface area contributed by atoms with Gasteiger partial charge in [-0.3, -0.25) is 10.1 Å². The van der Waals surface area contributed by atoms with Gasteiger partial charge < -0.3 is 4.90 Å². The van der Waals surface area contributed by atoms with E-state index >= 15 is 0 Å². The maximum absolute atomic E-state index is 13.1. The lowest BCUT2D eigenvalue weighted by Crippen LogP contribution is -2.36. The second kappa shape index (κ2) is 6.27. The molecule has 2 rings (SSSR count). The Morgan fingerprint density at radius 3 is 2.71 bits per heavy atom. The van der Waals surface area contributed by atoms with Gasteiger partial charge in [0.2, 0.25) is 5.91 Å². The second-order valence-electron chi connectivity index (χ2n) is 4.96. The van der Waals surface area contributed by atoms with Crippen molar-refractivity contribution in [3.8, 4) is 0 Å². The molecule has 1 amide bonds. The summed E-state index contributed by atoms with van der Waals surface area (Å²) in [5.74, 6) is -0.169. The molecule has 0 spiro atoms. The second-order valence-corrected chi connectivity index (χ2v) is 6.24. The van der Waals surface area contributed by atoms with Crippen LogP contribution in [-0.4, -0.2) is 35.4 Å². The zero-order valence-corrected chi connectivity index (χ0v) is 12.6. The van der Waals surface area contributed by atoms with Crippen molar-refractivity contribution < 1.29 is 18.0 Å². The van der Waals surface area contributed by atoms with E-state index in [1.54, 1.807) is 17.8 Å². The fraction of sp³-hybridized carbons (Fsp3) is 0.500. The first-order valence-electron chi connectivity index (χ1n) is 6.56. The molecule has 2 unspecified atom stereocenters. The average Bonchev–Trinajstić information content (AvgIpc) is 2.79. The fourth-order valence-electron chi connectivity index (χ4n) is 2.37. The third kappa shape index (κ3) is 3.52. The Morgan fingerprint density at radius 1 is 1.43 bits per heavy atom. The minimum absolute atomic E-state index is 0.0674. The van der Waals surface area contributed by atoms with E-state index in [0.29, 0.717) is 6.54 Å². The third-order valence-electron chi connectivity index (χ3n) is 3.50. The van der Waals surface area contributed by atoms with Crippen molar-refractivity contribution in [2.24, 2.45) is 0 Å². The van der Waals surface area contributed by atoms with Crippen LogP contribution in [0.3, 0.4) is 0 Å². The maximum atomic E-state index is 13.1. The monoisotopic (exact) mass is 318 g/mol. The minimum Gasteiger partial charge on any atom is -0.321 e. The van der Waals surface area contributed by atoms with Crippen LogP contribution in [0.15, 0.2) is 24.3 Å². The zero-order chi connectivity index (χ0) is 15.6. The van der Waals surface area contributed by atoms with E-state index in [2.05, 4.69) is 5.32 Å². The smallest absolute Gasteiger partial charge is 0.321 e. The topological polar surface area (TPSA) is 32.3 Å². The quantitative estimate of drug-likeness (QED) is 0.926. The van der Waals surface area contributed by atoms with Crippen LogP contribution in [-0.2, 0) is 11.0 Å². The van der Waals surface area contributed by atoms with Crippen molar-refractivity contribution in [2.45, 2.75) is 24.5 Å². The standard InChI is InChI=1S/C14H17F3N2OS/c1-9(21-2)8-19-12(20)7-18-13(19)10-5-3-4-6-11(10)14(15,16)17/h3-6,9,13,18H,7-8H2,1-2H3. The van der Waals surface area contributed by atoms with Gasteiger partial charge in [0, 0.05) is 17.4 Å². The fourth-order valence-corrected chi connectivity index (χ4v) is 2.68. The Labute approximate surface area is 125 Å². The van der Waals surface area contributed by atoms with Crippen LogP contribution < -0.4 is 5.32 Å². The molecule has 1 aromatic carbocycles. The first-order valence-corrected chi connectivity index (χ1v) is 7.85. The molecule has 1 N–H and O–H groups in total. The molecule has 21 heavy (non-hydrogen) atoms. The normalized spacial score (nSPS) is 20.9. The van der Waals surface area contributed by atoms with Gasteiger partial charge in [-0.25, -0.2) is 0 Å². The zero-order valence-electron chi connectivity index (χ0n) is 11.8. The van der Waals surface area contributed by atoms with Gasteiger partial charge in [-0.15, -0.1) is 0 Å². The summed E-state index contributed by atoms with van der Waals surface area (Å²) in [4.78, 5) is 13.4. The average molecular weight is 318 g/mol. The van der Waals surface area contributed by atoms with E-state index in [4.69, 9.17) is 0 Å². The van der Waals surface area contributed by atoms with Gasteiger partial charge in [-0.2, -0.15) is 24.9 Å². The van der Waals surface area contributed by atoms with Crippen LogP contribution >= 0.6 is 11.8 Å². The predicted octanol–water partition coefficient (Wildman–Crippen LogP) is 2.89. The summed E-state index contributed by atoms with van der Waals surface area (Å²) in [6, 6.07) is 5.40. The third-order valence-corrected chi connectivity index (χ3v) is 4.45. The Balaban J connectivity index is 2.34. The van der Waals surface area contributed by atoms with Crippen molar-refractivity contribution in [1.29, 1.82) is 0 Å². The number of nitrogens with one attached hydrogen (secondary N) is 1. The van der Waals surface area contributed by atoms with Gasteiger partial charge in [0.15, 0.2) is 0 Å². The highest BCUT2D eigenvalue weighted by molar-refractivity contribution is 7.99. The molecular weight excluding hydrogens is 301 g/mol. The van der Waals surface area contributed by atoms with Gasteiger partial charge >= 0.3 is 6.18 Å². The summed E-state index contributed by atoms with van der Waals surface area (Å²) >= 11 is 1.58. The Hall–Kier alpha value is -1.21. The largest absolute Gasteiger partial charge is 0.416 e. The summed E-state index contributed by atoms with van der Waals surface area (Å²) < 4.78 is 39.4. The predicted molar refractivity (Wildman–Crippen MR) is 76.9 cm³/mol. The van der Waals surface area contributed by atoms with Crippen LogP contribution in [0.1, 0.15) is 24.2 Å². The van der Waals surface area contributed by atoms with Crippen molar-refractivity contribution in [3.05, 3.63) is 35.4 Å². The number of hydrogen-bond donors (Lipinski definition) is 1. The van der Waals surface area contributed by atoms with Crippen LogP contribution in [0.2, 0.25) is 0 Å². The number of rotatable bonds is 4. The number of hydrogen-bond acceptors (Lipinski definition) is 3. The molecule has 1 fully saturated rings. The van der Waals surface area contributed by atoms with E-state index in [9.17, 15) is 18.0 Å². The Bertz CT molecular complexity index is 521. The number of benzene rings is 1. The summed E-state index contributed by atoms with van der Waals surface area (Å²) in [5, 5.41) is 3.04. The van der Waals surface area contributed by atoms with E-state index in [1.807, 2.05) is 13.2 Å². The number of carbonyl (C=O) groups excluding carboxylic acids is 1. The van der Waals surface area contributed by atoms with Crippen molar-refractivity contribution in [2.75, 3.05) is 19.3 Å². The molecule has 0 saturated carbocycles. The lowest BCUT2D eigenvalue weighted by atomic mass is 10.0. The molecule has 3 nitrogen and oxygen atoms in total. The molecule has 116 valence electrons. The highest BCUT2D eigenvalue weighted by atomic mass is 32.2. The van der Waals surface area contributed by atoms with Crippen molar-refractivity contribution in [3.63, 3.8) is 0 Å². The number of amides is 1. The summed E-state index contributed by atoms with van der Waals surface area (Å²) in [6.45, 7) is 2.44. The van der Waals surface area contributed by atoms with Gasteiger partial charge in [-0.05, 0) is 12.3 Å². The molecule has 0 bridgehead atoms. The maximum Gasteiger partial charge on any atom is 0.416 e. The molecule has 0 aliphatic carbocycles. The van der Waals surface area contributed by atoms with Gasteiger partial charge in [-0.1, -0.05) is 25.1 Å². The summed E-state index contributed by atoms with van der Waals surface area (Å²) in [5.41, 5.74) is -0.594. The lowest BCUT2D eigenvalue weighted by Gasteiger charge is -2.28. The molecule has 7 heteroatoms. The number of carbonyl (C=O) groups is 1. The molecular formula is C14H17F3N2OS. The lowest BCUT2D eigenvalue weighted by molar-refractivity contribution is -0.139. The molecule has 1 aromatic rings. The highest BCUT2D eigenvalue weighted by Crippen LogP contribution is 2.36. The van der Waals surface area contributed by atoms with Crippen LogP contribution in [0, 0.1) is 0 Å². The number of halogens is 3. The van der Waals surface area contributed by atoms with Crippen molar-refractivity contribution in [1.82, 2.24) is 10.2 Å². The first kappa shape index (κ1) is 16.2. The molecule has 1 heterocycles. The molecule has 0 aromatic heterocycles. The van der Waals surface area contributed by atoms with Gasteiger partial charge in [0.1, 0.15) is 6.17 Å². The minimum atomic E-state index is -4.43. The molecule has 1 saturated heterocycles. The Morgan fingerprint density at radius 2 is 2.10 bits per heavy atom. The number of thioether (sulfide) groups is 1. The van der Waals surface area contributed by atoms with Gasteiger partial charge in [0.05, 0.1) is 12.1 Å². The molecule has 1 aliphatic rings. The van der Waals surface area contributed by atoms with Crippen LogP contribution in [0.5, 0.6) is 0 Å². The summed E-state index contributed by atoms with van der Waals surface area (Å²) in [6.07, 6.45) is -3.23. The molecule has 1 aliphatic heterocycles. The SMILES string of the molecule is CSC(C)CN1C(=O)CNC1c1ccccc1C(F)(F)F. The Kier molecular flexibility index (Phi) is 4.83. The number of alkyl halides is 3. The van der Waals surface area contributed by atoms with E-state index < -0.39 is 17.9 Å². The van der Waals surface area contributed by atoms with Crippen molar-refractivity contribution >= 4 is 17.7 Å². The van der Waals surface area contributed by atoms with Gasteiger partial charge in [0.25, 0.3) is 0 Å². The van der Waals surface area contributed by atoms with E-state index in [0.717, 1.165) is 6.07 Å². The van der Waals surface area contributed by atoms with E-state index in [-0.39, 0.29) is 23.3 Å². The summed E-state index contributed by atoms with van der Waals surface area (Å²) in [7, 11) is 0. The number of nitrogens with zero attached hydrogens (tertiary/aromatic N) is 1.